The van der Waals surface area contributed by atoms with Gasteiger partial charge in [0.1, 0.15) is 5.84 Å². The van der Waals surface area contributed by atoms with Gasteiger partial charge in [0.15, 0.2) is 0 Å². The fourth-order valence-electron chi connectivity index (χ4n) is 3.81. The Labute approximate surface area is 244 Å². The first-order valence-electron chi connectivity index (χ1n) is 12.9. The first-order chi connectivity index (χ1) is 19.5. The molecular weight excluding hydrogens is 560 g/mol. The van der Waals surface area contributed by atoms with Gasteiger partial charge in [-0.15, -0.1) is 0 Å². The van der Waals surface area contributed by atoms with Crippen molar-refractivity contribution in [3.05, 3.63) is 88.5 Å². The van der Waals surface area contributed by atoms with Crippen LogP contribution < -0.4 is 16.4 Å². The molecule has 0 radical (unpaired) electrons. The number of aliphatic hydroxyl groups is 1. The minimum atomic E-state index is -4.22. The highest BCUT2D eigenvalue weighted by atomic mass is 32.2. The number of nitrogens with two attached hydrogens (primary N) is 1. The maximum atomic E-state index is 13.5. The van der Waals surface area contributed by atoms with Crippen molar-refractivity contribution in [2.75, 3.05) is 11.6 Å². The van der Waals surface area contributed by atoms with Crippen LogP contribution in [0.2, 0.25) is 0 Å². The highest BCUT2D eigenvalue weighted by molar-refractivity contribution is 7.86. The van der Waals surface area contributed by atoms with E-state index in [1.807, 2.05) is 27.7 Å². The second kappa shape index (κ2) is 12.5. The zero-order valence-electron chi connectivity index (χ0n) is 23.9. The molecule has 6 N–H and O–H groups in total. The van der Waals surface area contributed by atoms with Crippen LogP contribution in [0.15, 0.2) is 60.7 Å². The van der Waals surface area contributed by atoms with Crippen molar-refractivity contribution in [1.29, 1.82) is 5.41 Å². The van der Waals surface area contributed by atoms with Crippen LogP contribution in [0, 0.1) is 10.8 Å². The summed E-state index contributed by atoms with van der Waals surface area (Å²) in [5.41, 5.74) is 6.74. The van der Waals surface area contributed by atoms with E-state index < -0.39 is 27.9 Å². The normalized spacial score (nSPS) is 12.2. The van der Waals surface area contributed by atoms with E-state index in [9.17, 15) is 27.9 Å². The monoisotopic (exact) mass is 594 g/mol. The SMILES string of the molecule is CC(NC(=O)c1ccc(-c2ccc(CO)cc2C(=O)Nc2ccc(C(=N)N)cc2)c(C(=O)OS(C)(=O)=O)c1)C(C)(C)C. The molecule has 0 saturated carbocycles. The van der Waals surface area contributed by atoms with Gasteiger partial charge in [-0.25, -0.2) is 4.79 Å². The van der Waals surface area contributed by atoms with E-state index in [0.29, 0.717) is 16.8 Å². The molecule has 0 saturated heterocycles. The van der Waals surface area contributed by atoms with Crippen LogP contribution in [0.1, 0.15) is 69.9 Å². The molecule has 0 bridgehead atoms. The zero-order chi connectivity index (χ0) is 31.4. The first kappa shape index (κ1) is 32.0. The predicted octanol–water partition coefficient (Wildman–Crippen LogP) is 3.66. The quantitative estimate of drug-likeness (QED) is 0.141. The second-order valence-corrected chi connectivity index (χ2v) is 12.5. The molecule has 2 amide bonds. The molecular formula is C30H34N4O7S. The van der Waals surface area contributed by atoms with Crippen LogP contribution in [0.3, 0.4) is 0 Å². The molecule has 222 valence electrons. The van der Waals surface area contributed by atoms with Crippen LogP contribution in [-0.4, -0.2) is 49.4 Å². The summed E-state index contributed by atoms with van der Waals surface area (Å²) in [4.78, 5) is 39.6. The number of aliphatic hydroxyl groups excluding tert-OH is 1. The molecule has 42 heavy (non-hydrogen) atoms. The third-order valence-electron chi connectivity index (χ3n) is 6.63. The van der Waals surface area contributed by atoms with Crippen molar-refractivity contribution in [2.45, 2.75) is 40.3 Å². The summed E-state index contributed by atoms with van der Waals surface area (Å²) in [6.45, 7) is 7.33. The third-order valence-corrected chi connectivity index (χ3v) is 7.08. The molecule has 0 aromatic heterocycles. The number of anilines is 1. The van der Waals surface area contributed by atoms with Gasteiger partial charge >= 0.3 is 16.1 Å². The van der Waals surface area contributed by atoms with Gasteiger partial charge in [-0.3, -0.25) is 15.0 Å². The number of benzene rings is 3. The van der Waals surface area contributed by atoms with Gasteiger partial charge in [0.2, 0.25) is 0 Å². The highest BCUT2D eigenvalue weighted by Crippen LogP contribution is 2.31. The number of nitrogen functional groups attached to an aromatic ring is 1. The van der Waals surface area contributed by atoms with Crippen molar-refractivity contribution >= 4 is 39.4 Å². The van der Waals surface area contributed by atoms with Crippen molar-refractivity contribution in [1.82, 2.24) is 5.32 Å². The first-order valence-corrected chi connectivity index (χ1v) is 14.7. The summed E-state index contributed by atoms with van der Waals surface area (Å²) in [6, 6.07) is 14.6. The fraction of sp³-hybridized carbons (Fsp3) is 0.267. The van der Waals surface area contributed by atoms with Gasteiger partial charge < -0.3 is 25.7 Å². The highest BCUT2D eigenvalue weighted by Gasteiger charge is 2.26. The maximum Gasteiger partial charge on any atom is 0.354 e. The summed E-state index contributed by atoms with van der Waals surface area (Å²) < 4.78 is 28.3. The molecule has 12 heteroatoms. The molecule has 0 aliphatic rings. The Hall–Kier alpha value is -4.55. The van der Waals surface area contributed by atoms with Crippen molar-refractivity contribution in [3.8, 4) is 11.1 Å². The van der Waals surface area contributed by atoms with Crippen molar-refractivity contribution < 1.29 is 32.1 Å². The van der Waals surface area contributed by atoms with E-state index in [-0.39, 0.29) is 51.7 Å². The summed E-state index contributed by atoms with van der Waals surface area (Å²) in [7, 11) is -4.22. The van der Waals surface area contributed by atoms with Crippen LogP contribution in [0.25, 0.3) is 11.1 Å². The number of carbonyl (C=O) groups is 3. The number of amides is 2. The van der Waals surface area contributed by atoms with E-state index in [1.54, 1.807) is 30.3 Å². The van der Waals surface area contributed by atoms with E-state index >= 15 is 0 Å². The third kappa shape index (κ3) is 8.02. The molecule has 0 aliphatic carbocycles. The molecule has 1 atom stereocenters. The van der Waals surface area contributed by atoms with Crippen molar-refractivity contribution in [3.63, 3.8) is 0 Å². The summed E-state index contributed by atoms with van der Waals surface area (Å²) in [6.07, 6.45) is 0.721. The van der Waals surface area contributed by atoms with Gasteiger partial charge in [-0.1, -0.05) is 39.0 Å². The number of carbonyl (C=O) groups excluding carboxylic acids is 3. The average molecular weight is 595 g/mol. The standard InChI is InChI=1S/C30H34N4O7S/c1-17(30(2,3)4)33-27(36)20-9-13-23(25(15-20)29(38)41-42(5,39)40)22-12-6-18(16-35)14-24(22)28(37)34-21-10-7-19(8-11-21)26(31)32/h6-15,17,35H,16H2,1-5H3,(H3,31,32)(H,33,36)(H,34,37). The lowest BCUT2D eigenvalue weighted by Crippen LogP contribution is -2.41. The Morgan fingerprint density at radius 1 is 0.929 bits per heavy atom. The molecule has 0 spiro atoms. The summed E-state index contributed by atoms with van der Waals surface area (Å²) in [5.74, 6) is -2.45. The largest absolute Gasteiger partial charge is 0.392 e. The summed E-state index contributed by atoms with van der Waals surface area (Å²) >= 11 is 0. The van der Waals surface area contributed by atoms with Gasteiger partial charge in [-0.2, -0.15) is 8.42 Å². The Morgan fingerprint density at radius 3 is 2.05 bits per heavy atom. The van der Waals surface area contributed by atoms with E-state index in [0.717, 1.165) is 6.26 Å². The molecule has 0 heterocycles. The smallest absolute Gasteiger partial charge is 0.354 e. The predicted molar refractivity (Wildman–Crippen MR) is 160 cm³/mol. The Balaban J connectivity index is 2.13. The Kier molecular flexibility index (Phi) is 9.54. The molecule has 3 aromatic rings. The van der Waals surface area contributed by atoms with Crippen LogP contribution in [0.4, 0.5) is 5.69 Å². The Morgan fingerprint density at radius 2 is 1.50 bits per heavy atom. The van der Waals surface area contributed by atoms with Crippen LogP contribution in [-0.2, 0) is 20.9 Å². The average Bonchev–Trinajstić information content (AvgIpc) is 2.91. The number of nitrogens with one attached hydrogen (secondary N) is 3. The zero-order valence-corrected chi connectivity index (χ0v) is 24.8. The number of hydrogen-bond acceptors (Lipinski definition) is 8. The van der Waals surface area contributed by atoms with E-state index in [2.05, 4.69) is 14.8 Å². The minimum absolute atomic E-state index is 0.0594. The Bertz CT molecular complexity index is 1640. The molecule has 0 aliphatic heterocycles. The molecule has 1 unspecified atom stereocenters. The fourth-order valence-corrected chi connectivity index (χ4v) is 4.18. The molecule has 11 nitrogen and oxygen atoms in total. The van der Waals surface area contributed by atoms with E-state index in [4.69, 9.17) is 11.1 Å². The molecule has 0 fully saturated rings. The number of rotatable bonds is 9. The van der Waals surface area contributed by atoms with Gasteiger partial charge in [-0.05, 0) is 71.5 Å². The lowest BCUT2D eigenvalue weighted by molar-refractivity contribution is 0.0748. The molecule has 3 aromatic carbocycles. The van der Waals surface area contributed by atoms with Gasteiger partial charge in [0.25, 0.3) is 11.8 Å². The lowest BCUT2D eigenvalue weighted by Gasteiger charge is -2.28. The number of amidine groups is 1. The lowest BCUT2D eigenvalue weighted by atomic mass is 9.87. The second-order valence-electron chi connectivity index (χ2n) is 10.9. The van der Waals surface area contributed by atoms with Crippen molar-refractivity contribution in [2.24, 2.45) is 11.1 Å². The minimum Gasteiger partial charge on any atom is -0.392 e. The summed E-state index contributed by atoms with van der Waals surface area (Å²) in [5, 5.41) is 22.9. The van der Waals surface area contributed by atoms with Gasteiger partial charge in [0.05, 0.1) is 18.4 Å². The van der Waals surface area contributed by atoms with E-state index in [1.165, 1.54) is 30.3 Å². The van der Waals surface area contributed by atoms with Crippen LogP contribution >= 0.6 is 0 Å². The molecule has 3 rings (SSSR count). The van der Waals surface area contributed by atoms with Crippen LogP contribution in [0.5, 0.6) is 0 Å². The maximum absolute atomic E-state index is 13.5. The topological polar surface area (TPSA) is 189 Å². The number of hydrogen-bond donors (Lipinski definition) is 5. The van der Waals surface area contributed by atoms with Gasteiger partial charge in [0, 0.05) is 28.4 Å².